The van der Waals surface area contributed by atoms with Gasteiger partial charge in [0.2, 0.25) is 0 Å². The number of hydrogen-bond donors (Lipinski definition) is 1. The Balaban J connectivity index is 1.82. The molecule has 3 rings (SSSR count). The quantitative estimate of drug-likeness (QED) is 0.624. The van der Waals surface area contributed by atoms with Crippen LogP contribution >= 0.6 is 0 Å². The van der Waals surface area contributed by atoms with Crippen LogP contribution in [0.25, 0.3) is 0 Å². The molecule has 3 atom stereocenters. The van der Waals surface area contributed by atoms with E-state index in [0.717, 1.165) is 25.1 Å². The van der Waals surface area contributed by atoms with E-state index >= 15 is 0 Å². The second-order valence-electron chi connectivity index (χ2n) is 7.79. The van der Waals surface area contributed by atoms with Gasteiger partial charge in [-0.3, -0.25) is 19.9 Å². The largest absolute Gasteiger partial charge is 0.365 e. The highest BCUT2D eigenvalue weighted by Crippen LogP contribution is 2.34. The van der Waals surface area contributed by atoms with Crippen molar-refractivity contribution < 1.29 is 9.72 Å². The molecule has 2 heterocycles. The second kappa shape index (κ2) is 8.37. The summed E-state index contributed by atoms with van der Waals surface area (Å²) in [7, 11) is 0. The minimum atomic E-state index is -0.400. The Morgan fingerprint density at radius 1 is 1.21 bits per heavy atom. The maximum atomic E-state index is 12.6. The smallest absolute Gasteiger partial charge is 0.293 e. The van der Waals surface area contributed by atoms with Crippen LogP contribution in [-0.4, -0.2) is 28.9 Å². The molecule has 0 aliphatic carbocycles. The number of anilines is 1. The van der Waals surface area contributed by atoms with Gasteiger partial charge in [0.1, 0.15) is 5.69 Å². The highest BCUT2D eigenvalue weighted by molar-refractivity contribution is 5.96. The van der Waals surface area contributed by atoms with Crippen molar-refractivity contribution in [1.82, 2.24) is 10.3 Å². The van der Waals surface area contributed by atoms with Crippen LogP contribution in [0.3, 0.4) is 0 Å². The third-order valence-electron chi connectivity index (χ3n) is 5.20. The van der Waals surface area contributed by atoms with Crippen molar-refractivity contribution in [3.63, 3.8) is 0 Å². The summed E-state index contributed by atoms with van der Waals surface area (Å²) < 4.78 is 0. The lowest BCUT2D eigenvalue weighted by Crippen LogP contribution is -2.39. The topological polar surface area (TPSA) is 88.4 Å². The van der Waals surface area contributed by atoms with E-state index in [-0.39, 0.29) is 23.2 Å². The monoisotopic (exact) mass is 382 g/mol. The van der Waals surface area contributed by atoms with Gasteiger partial charge < -0.3 is 10.2 Å². The fourth-order valence-corrected chi connectivity index (χ4v) is 3.95. The molecular formula is C21H26N4O3. The van der Waals surface area contributed by atoms with Crippen molar-refractivity contribution in [2.45, 2.75) is 33.2 Å². The normalized spacial score (nSPS) is 20.5. The van der Waals surface area contributed by atoms with Crippen LogP contribution in [0, 0.1) is 22.0 Å². The maximum Gasteiger partial charge on any atom is 0.293 e. The van der Waals surface area contributed by atoms with E-state index in [1.54, 1.807) is 24.5 Å². The number of benzene rings is 1. The zero-order chi connectivity index (χ0) is 20.3. The van der Waals surface area contributed by atoms with Crippen LogP contribution in [0.15, 0.2) is 42.7 Å². The molecule has 28 heavy (non-hydrogen) atoms. The van der Waals surface area contributed by atoms with Crippen molar-refractivity contribution in [3.8, 4) is 0 Å². The number of nitrogens with one attached hydrogen (secondary N) is 1. The van der Waals surface area contributed by atoms with Crippen molar-refractivity contribution in [2.75, 3.05) is 18.0 Å². The first kappa shape index (κ1) is 19.8. The molecule has 1 aliphatic heterocycles. The number of nitro groups is 1. The molecule has 1 amide bonds. The summed E-state index contributed by atoms with van der Waals surface area (Å²) in [5, 5.41) is 14.6. The predicted octanol–water partition coefficient (Wildman–Crippen LogP) is 3.96. The Morgan fingerprint density at radius 3 is 2.46 bits per heavy atom. The SMILES string of the molecule is CC1CC(C)CN(c2ccc(C(=O)NC(C)c3ccncc3)cc2[N+](=O)[O-])C1. The van der Waals surface area contributed by atoms with Gasteiger partial charge in [0.15, 0.2) is 0 Å². The van der Waals surface area contributed by atoms with Crippen LogP contribution in [-0.2, 0) is 0 Å². The molecule has 1 N–H and O–H groups in total. The zero-order valence-electron chi connectivity index (χ0n) is 16.5. The van der Waals surface area contributed by atoms with Gasteiger partial charge in [-0.05, 0) is 55.0 Å². The van der Waals surface area contributed by atoms with Crippen LogP contribution in [0.4, 0.5) is 11.4 Å². The maximum absolute atomic E-state index is 12.6. The predicted molar refractivity (Wildman–Crippen MR) is 108 cm³/mol. The number of nitrogens with zero attached hydrogens (tertiary/aromatic N) is 3. The molecule has 148 valence electrons. The number of hydrogen-bond acceptors (Lipinski definition) is 5. The van der Waals surface area contributed by atoms with E-state index in [2.05, 4.69) is 29.0 Å². The van der Waals surface area contributed by atoms with Crippen LogP contribution in [0.1, 0.15) is 49.2 Å². The molecule has 2 aromatic rings. The summed E-state index contributed by atoms with van der Waals surface area (Å²) in [6.07, 6.45) is 4.45. The van der Waals surface area contributed by atoms with Gasteiger partial charge in [0.05, 0.1) is 11.0 Å². The average molecular weight is 382 g/mol. The van der Waals surface area contributed by atoms with Crippen molar-refractivity contribution in [2.24, 2.45) is 11.8 Å². The number of piperidine rings is 1. The molecule has 7 nitrogen and oxygen atoms in total. The minimum Gasteiger partial charge on any atom is -0.365 e. The summed E-state index contributed by atoms with van der Waals surface area (Å²) >= 11 is 0. The molecular weight excluding hydrogens is 356 g/mol. The third kappa shape index (κ3) is 4.47. The Labute approximate surface area is 164 Å². The van der Waals surface area contributed by atoms with E-state index in [1.807, 2.05) is 19.1 Å². The molecule has 1 saturated heterocycles. The van der Waals surface area contributed by atoms with Crippen molar-refractivity contribution in [3.05, 3.63) is 64.0 Å². The molecule has 7 heteroatoms. The summed E-state index contributed by atoms with van der Waals surface area (Å²) in [4.78, 5) is 30.0. The zero-order valence-corrected chi connectivity index (χ0v) is 16.5. The Morgan fingerprint density at radius 2 is 1.86 bits per heavy atom. The molecule has 1 fully saturated rings. The first-order valence-corrected chi connectivity index (χ1v) is 9.59. The Hall–Kier alpha value is -2.96. The van der Waals surface area contributed by atoms with Crippen LogP contribution in [0.2, 0.25) is 0 Å². The van der Waals surface area contributed by atoms with Gasteiger partial charge in [0, 0.05) is 37.1 Å². The highest BCUT2D eigenvalue weighted by Gasteiger charge is 2.28. The van der Waals surface area contributed by atoms with E-state index in [1.165, 1.54) is 6.07 Å². The molecule has 3 unspecified atom stereocenters. The minimum absolute atomic E-state index is 0.0227. The van der Waals surface area contributed by atoms with Crippen molar-refractivity contribution >= 4 is 17.3 Å². The van der Waals surface area contributed by atoms with Gasteiger partial charge in [-0.1, -0.05) is 13.8 Å². The summed E-state index contributed by atoms with van der Waals surface area (Å²) in [6.45, 7) is 7.77. The lowest BCUT2D eigenvalue weighted by Gasteiger charge is -2.36. The van der Waals surface area contributed by atoms with E-state index in [9.17, 15) is 14.9 Å². The molecule has 1 aromatic carbocycles. The van der Waals surface area contributed by atoms with Crippen molar-refractivity contribution in [1.29, 1.82) is 0 Å². The summed E-state index contributed by atoms with van der Waals surface area (Å²) in [6, 6.07) is 8.19. The molecule has 0 saturated carbocycles. The lowest BCUT2D eigenvalue weighted by atomic mass is 9.91. The molecule has 0 radical (unpaired) electrons. The molecule has 1 aliphatic rings. The average Bonchev–Trinajstić information content (AvgIpc) is 2.67. The highest BCUT2D eigenvalue weighted by atomic mass is 16.6. The first-order valence-electron chi connectivity index (χ1n) is 9.59. The number of amides is 1. The van der Waals surface area contributed by atoms with Gasteiger partial charge in [-0.25, -0.2) is 0 Å². The first-order chi connectivity index (χ1) is 13.3. The van der Waals surface area contributed by atoms with Gasteiger partial charge in [-0.15, -0.1) is 0 Å². The number of rotatable bonds is 5. The summed E-state index contributed by atoms with van der Waals surface area (Å²) in [5.74, 6) is 0.624. The van der Waals surface area contributed by atoms with Gasteiger partial charge >= 0.3 is 0 Å². The molecule has 0 bridgehead atoms. The second-order valence-corrected chi connectivity index (χ2v) is 7.79. The fourth-order valence-electron chi connectivity index (χ4n) is 3.95. The van der Waals surface area contributed by atoms with Crippen LogP contribution in [0.5, 0.6) is 0 Å². The van der Waals surface area contributed by atoms with Gasteiger partial charge in [-0.2, -0.15) is 0 Å². The van der Waals surface area contributed by atoms with E-state index in [4.69, 9.17) is 0 Å². The number of aromatic nitrogens is 1. The molecule has 1 aromatic heterocycles. The van der Waals surface area contributed by atoms with Gasteiger partial charge in [0.25, 0.3) is 11.6 Å². The fraction of sp³-hybridized carbons (Fsp3) is 0.429. The Kier molecular flexibility index (Phi) is 5.92. The van der Waals surface area contributed by atoms with Crippen LogP contribution < -0.4 is 10.2 Å². The number of carbonyl (C=O) groups excluding carboxylic acids is 1. The Bertz CT molecular complexity index is 846. The standard InChI is InChI=1S/C21H26N4O3/c1-14-10-15(2)13-24(12-14)19-5-4-18(11-20(19)25(27)28)21(26)23-16(3)17-6-8-22-9-7-17/h4-9,11,14-16H,10,12-13H2,1-3H3,(H,23,26). The lowest BCUT2D eigenvalue weighted by molar-refractivity contribution is -0.384. The summed E-state index contributed by atoms with van der Waals surface area (Å²) in [5.41, 5.74) is 1.77. The van der Waals surface area contributed by atoms with E-state index < -0.39 is 4.92 Å². The molecule has 0 spiro atoms. The number of carbonyl (C=O) groups is 1. The number of pyridine rings is 1. The third-order valence-corrected chi connectivity index (χ3v) is 5.20. The van der Waals surface area contributed by atoms with E-state index in [0.29, 0.717) is 17.5 Å². The number of nitro benzene ring substituents is 1.